The number of anilines is 2. The molecule has 9 nitrogen and oxygen atoms in total. The number of aromatic amines is 2. The fourth-order valence-electron chi connectivity index (χ4n) is 4.02. The Morgan fingerprint density at radius 3 is 2.59 bits per heavy atom. The van der Waals surface area contributed by atoms with Crippen LogP contribution < -0.4 is 21.9 Å². The Morgan fingerprint density at radius 1 is 1.09 bits per heavy atom. The summed E-state index contributed by atoms with van der Waals surface area (Å²) in [6, 6.07) is 17.2. The third-order valence-corrected chi connectivity index (χ3v) is 5.77. The van der Waals surface area contributed by atoms with Crippen molar-refractivity contribution in [2.45, 2.75) is 25.9 Å². The van der Waals surface area contributed by atoms with E-state index < -0.39 is 11.2 Å². The Labute approximate surface area is 195 Å². The molecule has 0 radical (unpaired) electrons. The van der Waals surface area contributed by atoms with Crippen LogP contribution in [0.15, 0.2) is 70.4 Å². The van der Waals surface area contributed by atoms with Crippen LogP contribution >= 0.6 is 0 Å². The minimum atomic E-state index is -0.701. The van der Waals surface area contributed by atoms with Gasteiger partial charge in [-0.1, -0.05) is 48.5 Å². The van der Waals surface area contributed by atoms with Crippen LogP contribution in [0, 0.1) is 0 Å². The van der Waals surface area contributed by atoms with Gasteiger partial charge in [0.2, 0.25) is 5.91 Å². The largest absolute Gasteiger partial charge is 0.383 e. The Bertz CT molecular complexity index is 1400. The van der Waals surface area contributed by atoms with Crippen LogP contribution in [0.3, 0.4) is 0 Å². The van der Waals surface area contributed by atoms with Gasteiger partial charge in [-0.2, -0.15) is 0 Å². The van der Waals surface area contributed by atoms with Gasteiger partial charge >= 0.3 is 5.69 Å². The molecule has 34 heavy (non-hydrogen) atoms. The molecule has 9 heteroatoms. The summed E-state index contributed by atoms with van der Waals surface area (Å²) >= 11 is 0. The number of para-hydroxylation sites is 1. The van der Waals surface area contributed by atoms with Crippen molar-refractivity contribution >= 4 is 28.3 Å². The number of fused-ring (bicyclic) bond motifs is 1. The van der Waals surface area contributed by atoms with E-state index in [1.54, 1.807) is 0 Å². The van der Waals surface area contributed by atoms with Crippen molar-refractivity contribution in [2.24, 2.45) is 0 Å². The van der Waals surface area contributed by atoms with E-state index >= 15 is 0 Å². The first-order valence-electron chi connectivity index (χ1n) is 11.0. The number of aromatic nitrogens is 3. The normalized spacial score (nSPS) is 11.1. The van der Waals surface area contributed by atoms with E-state index in [2.05, 4.69) is 9.97 Å². The number of aryl methyl sites for hydroxylation is 1. The monoisotopic (exact) mass is 461 g/mol. The molecule has 4 N–H and O–H groups in total. The Hall–Kier alpha value is -4.11. The number of methoxy groups -OCH3 is 1. The molecule has 2 heterocycles. The first-order valence-corrected chi connectivity index (χ1v) is 11.0. The zero-order chi connectivity index (χ0) is 24.1. The Balaban J connectivity index is 1.69. The lowest BCUT2D eigenvalue weighted by molar-refractivity contribution is -0.118. The lowest BCUT2D eigenvalue weighted by Crippen LogP contribution is -2.41. The second-order valence-corrected chi connectivity index (χ2v) is 7.96. The number of hydrogen-bond acceptors (Lipinski definition) is 5. The van der Waals surface area contributed by atoms with E-state index in [0.717, 1.165) is 22.0 Å². The summed E-state index contributed by atoms with van der Waals surface area (Å²) in [5.41, 5.74) is 7.72. The summed E-state index contributed by atoms with van der Waals surface area (Å²) in [5, 5.41) is 1.05. The molecule has 0 unspecified atom stereocenters. The summed E-state index contributed by atoms with van der Waals surface area (Å²) in [6.07, 6.45) is 2.53. The van der Waals surface area contributed by atoms with Gasteiger partial charge in [0.1, 0.15) is 5.82 Å². The second-order valence-electron chi connectivity index (χ2n) is 7.96. The van der Waals surface area contributed by atoms with Crippen LogP contribution in [0.1, 0.15) is 17.5 Å². The molecule has 0 fully saturated rings. The average molecular weight is 462 g/mol. The maximum Gasteiger partial charge on any atom is 0.330 e. The summed E-state index contributed by atoms with van der Waals surface area (Å²) in [5.74, 6) is -0.342. The molecule has 0 saturated carbocycles. The van der Waals surface area contributed by atoms with E-state index in [1.165, 1.54) is 16.6 Å². The van der Waals surface area contributed by atoms with E-state index in [1.807, 2.05) is 60.8 Å². The SMILES string of the molecule is COCCn1c(N)c(N(Cc2ccccc2)C(=O)CCc2c[nH]c3ccccc23)c(=O)[nH]c1=O. The molecule has 0 atom stereocenters. The summed E-state index contributed by atoms with van der Waals surface area (Å²) in [6.45, 7) is 0.514. The highest BCUT2D eigenvalue weighted by atomic mass is 16.5. The number of benzene rings is 2. The third-order valence-electron chi connectivity index (χ3n) is 5.77. The number of ether oxygens (including phenoxy) is 1. The highest BCUT2D eigenvalue weighted by Gasteiger charge is 2.24. The quantitative estimate of drug-likeness (QED) is 0.353. The lowest BCUT2D eigenvalue weighted by atomic mass is 10.1. The smallest absolute Gasteiger partial charge is 0.330 e. The number of nitrogen functional groups attached to an aromatic ring is 1. The minimum Gasteiger partial charge on any atom is -0.383 e. The first-order chi connectivity index (χ1) is 16.5. The fraction of sp³-hybridized carbons (Fsp3) is 0.240. The molecule has 2 aromatic heterocycles. The molecule has 0 bridgehead atoms. The molecule has 2 aromatic carbocycles. The maximum absolute atomic E-state index is 13.5. The number of H-pyrrole nitrogens is 2. The number of nitrogens with two attached hydrogens (primary N) is 1. The zero-order valence-corrected chi connectivity index (χ0v) is 18.9. The number of nitrogens with one attached hydrogen (secondary N) is 2. The van der Waals surface area contributed by atoms with Gasteiger partial charge in [-0.15, -0.1) is 0 Å². The maximum atomic E-state index is 13.5. The Kier molecular flexibility index (Phi) is 6.93. The number of carbonyl (C=O) groups is 1. The number of hydrogen-bond donors (Lipinski definition) is 3. The zero-order valence-electron chi connectivity index (χ0n) is 18.9. The van der Waals surface area contributed by atoms with Gasteiger partial charge in [-0.3, -0.25) is 19.1 Å². The predicted molar refractivity (Wildman–Crippen MR) is 132 cm³/mol. The van der Waals surface area contributed by atoms with Crippen molar-refractivity contribution in [3.63, 3.8) is 0 Å². The molecule has 0 spiro atoms. The molecular formula is C25H27N5O4. The number of amides is 1. The van der Waals surface area contributed by atoms with Crippen molar-refractivity contribution < 1.29 is 9.53 Å². The van der Waals surface area contributed by atoms with Crippen molar-refractivity contribution in [3.8, 4) is 0 Å². The van der Waals surface area contributed by atoms with Crippen LogP contribution in [0.5, 0.6) is 0 Å². The number of nitrogens with zero attached hydrogens (tertiary/aromatic N) is 2. The number of carbonyl (C=O) groups excluding carboxylic acids is 1. The van der Waals surface area contributed by atoms with Crippen LogP contribution in [-0.4, -0.2) is 34.2 Å². The molecule has 1 amide bonds. The lowest BCUT2D eigenvalue weighted by Gasteiger charge is -2.25. The summed E-state index contributed by atoms with van der Waals surface area (Å²) < 4.78 is 6.27. The highest BCUT2D eigenvalue weighted by Crippen LogP contribution is 2.23. The Morgan fingerprint density at radius 2 is 1.82 bits per heavy atom. The van der Waals surface area contributed by atoms with Gasteiger partial charge < -0.3 is 20.4 Å². The number of rotatable bonds is 9. The average Bonchev–Trinajstić information content (AvgIpc) is 3.25. The summed E-state index contributed by atoms with van der Waals surface area (Å²) in [7, 11) is 1.50. The van der Waals surface area contributed by atoms with Gasteiger partial charge in [0.25, 0.3) is 5.56 Å². The summed E-state index contributed by atoms with van der Waals surface area (Å²) in [4.78, 5) is 45.5. The van der Waals surface area contributed by atoms with Gasteiger partial charge in [0.05, 0.1) is 19.7 Å². The van der Waals surface area contributed by atoms with E-state index in [9.17, 15) is 14.4 Å². The van der Waals surface area contributed by atoms with Crippen molar-refractivity contribution in [1.29, 1.82) is 0 Å². The van der Waals surface area contributed by atoms with Crippen molar-refractivity contribution in [3.05, 3.63) is 92.8 Å². The van der Waals surface area contributed by atoms with Crippen molar-refractivity contribution in [2.75, 3.05) is 24.4 Å². The topological polar surface area (TPSA) is 126 Å². The highest BCUT2D eigenvalue weighted by molar-refractivity contribution is 5.96. The van der Waals surface area contributed by atoms with Gasteiger partial charge in [-0.25, -0.2) is 4.79 Å². The van der Waals surface area contributed by atoms with E-state index in [-0.39, 0.29) is 43.5 Å². The molecule has 176 valence electrons. The van der Waals surface area contributed by atoms with Gasteiger partial charge in [0, 0.05) is 30.6 Å². The molecule has 0 aliphatic heterocycles. The van der Waals surface area contributed by atoms with Gasteiger partial charge in [0.15, 0.2) is 5.69 Å². The van der Waals surface area contributed by atoms with Crippen molar-refractivity contribution in [1.82, 2.24) is 14.5 Å². The standard InChI is InChI=1S/C25H27N5O4/c1-34-14-13-29-23(26)22(24(32)28-25(29)33)30(16-17-7-3-2-4-8-17)21(31)12-11-18-15-27-20-10-6-5-9-19(18)20/h2-10,15,27H,11-14,16,26H2,1H3,(H,28,32,33). The van der Waals surface area contributed by atoms with E-state index in [0.29, 0.717) is 6.42 Å². The van der Waals surface area contributed by atoms with Crippen LogP contribution in [0.25, 0.3) is 10.9 Å². The fourth-order valence-corrected chi connectivity index (χ4v) is 4.02. The van der Waals surface area contributed by atoms with Crippen LogP contribution in [0.2, 0.25) is 0 Å². The minimum absolute atomic E-state index is 0.0384. The third kappa shape index (κ3) is 4.79. The van der Waals surface area contributed by atoms with Crippen LogP contribution in [-0.2, 0) is 29.0 Å². The van der Waals surface area contributed by atoms with Gasteiger partial charge in [-0.05, 0) is 23.6 Å². The molecule has 0 aliphatic rings. The van der Waals surface area contributed by atoms with E-state index in [4.69, 9.17) is 10.5 Å². The van der Waals surface area contributed by atoms with Crippen LogP contribution in [0.4, 0.5) is 11.5 Å². The first kappa shape index (κ1) is 23.1. The molecule has 4 aromatic rings. The molecule has 0 saturated heterocycles. The second kappa shape index (κ2) is 10.2. The predicted octanol–water partition coefficient (Wildman–Crippen LogP) is 2.41. The molecule has 0 aliphatic carbocycles. The molecule has 4 rings (SSSR count). The molecular weight excluding hydrogens is 434 g/mol.